The fraction of sp³-hybridized carbons (Fsp3) is 0.125. The number of nitrogens with zero attached hydrogens (tertiary/aromatic N) is 1. The van der Waals surface area contributed by atoms with Gasteiger partial charge in [-0.2, -0.15) is 0 Å². The van der Waals surface area contributed by atoms with Crippen molar-refractivity contribution in [2.75, 3.05) is 0 Å². The average Bonchev–Trinajstić information content (AvgIpc) is 2.86. The monoisotopic (exact) mass is 334 g/mol. The van der Waals surface area contributed by atoms with E-state index in [-0.39, 0.29) is 17.0 Å². The second kappa shape index (κ2) is 6.02. The molecule has 1 amide bonds. The summed E-state index contributed by atoms with van der Waals surface area (Å²) in [6.07, 6.45) is 3.33. The molecule has 1 unspecified atom stereocenters. The van der Waals surface area contributed by atoms with Crippen LogP contribution in [0, 0.1) is 5.82 Å². The lowest BCUT2D eigenvalue weighted by atomic mass is 10.1. The lowest BCUT2D eigenvalue weighted by Crippen LogP contribution is -2.26. The number of thiophene rings is 1. The van der Waals surface area contributed by atoms with Gasteiger partial charge >= 0.3 is 0 Å². The molecule has 1 N–H and O–H groups in total. The molecule has 1 atom stereocenters. The minimum Gasteiger partial charge on any atom is -0.345 e. The van der Waals surface area contributed by atoms with Crippen molar-refractivity contribution in [1.29, 1.82) is 0 Å². The highest BCUT2D eigenvalue weighted by atomic mass is 35.5. The second-order valence-electron chi connectivity index (χ2n) is 4.83. The lowest BCUT2D eigenvalue weighted by Gasteiger charge is -2.13. The van der Waals surface area contributed by atoms with E-state index < -0.39 is 5.82 Å². The SMILES string of the molecule is CC(NC(=O)c1sc2cccc(F)c2c1Cl)c1ccncc1. The van der Waals surface area contributed by atoms with E-state index in [1.807, 2.05) is 19.1 Å². The van der Waals surface area contributed by atoms with E-state index in [1.54, 1.807) is 24.5 Å². The van der Waals surface area contributed by atoms with Crippen molar-refractivity contribution in [1.82, 2.24) is 10.3 Å². The number of benzene rings is 1. The third-order valence-corrected chi connectivity index (χ3v) is 5.01. The molecule has 0 saturated heterocycles. The zero-order valence-electron chi connectivity index (χ0n) is 11.6. The Bertz CT molecular complexity index is 835. The molecule has 0 aliphatic carbocycles. The van der Waals surface area contributed by atoms with E-state index >= 15 is 0 Å². The number of hydrogen-bond acceptors (Lipinski definition) is 3. The maximum Gasteiger partial charge on any atom is 0.263 e. The maximum atomic E-state index is 13.8. The molecule has 0 bridgehead atoms. The van der Waals surface area contributed by atoms with E-state index in [2.05, 4.69) is 10.3 Å². The molecule has 3 rings (SSSR count). The van der Waals surface area contributed by atoms with Gasteiger partial charge in [0.15, 0.2) is 0 Å². The number of halogens is 2. The van der Waals surface area contributed by atoms with Gasteiger partial charge in [0, 0.05) is 22.5 Å². The molecule has 2 aromatic heterocycles. The molecule has 2 heterocycles. The largest absolute Gasteiger partial charge is 0.345 e. The zero-order valence-corrected chi connectivity index (χ0v) is 13.2. The predicted octanol–water partition coefficient (Wildman–Crippen LogP) is 4.58. The Kier molecular flexibility index (Phi) is 4.09. The van der Waals surface area contributed by atoms with Crippen molar-refractivity contribution >= 4 is 38.9 Å². The highest BCUT2D eigenvalue weighted by Gasteiger charge is 2.20. The molecule has 6 heteroatoms. The molecule has 22 heavy (non-hydrogen) atoms. The van der Waals surface area contributed by atoms with E-state index in [4.69, 9.17) is 11.6 Å². The third-order valence-electron chi connectivity index (χ3n) is 3.37. The fourth-order valence-electron chi connectivity index (χ4n) is 2.21. The van der Waals surface area contributed by atoms with Gasteiger partial charge in [-0.15, -0.1) is 11.3 Å². The van der Waals surface area contributed by atoms with Crippen molar-refractivity contribution in [3.63, 3.8) is 0 Å². The van der Waals surface area contributed by atoms with Crippen LogP contribution in [-0.4, -0.2) is 10.9 Å². The van der Waals surface area contributed by atoms with Gasteiger partial charge in [0.05, 0.1) is 11.1 Å². The summed E-state index contributed by atoms with van der Waals surface area (Å²) in [7, 11) is 0. The minimum absolute atomic E-state index is 0.164. The number of carbonyl (C=O) groups excluding carboxylic acids is 1. The number of fused-ring (bicyclic) bond motifs is 1. The molecule has 0 aliphatic rings. The molecular formula is C16H12ClFN2OS. The number of nitrogens with one attached hydrogen (secondary N) is 1. The topological polar surface area (TPSA) is 42.0 Å². The van der Waals surface area contributed by atoms with Gasteiger partial charge in [-0.1, -0.05) is 17.7 Å². The summed E-state index contributed by atoms with van der Waals surface area (Å²) in [6, 6.07) is 8.15. The van der Waals surface area contributed by atoms with Crippen LogP contribution in [0.2, 0.25) is 5.02 Å². The number of pyridine rings is 1. The van der Waals surface area contributed by atoms with Crippen molar-refractivity contribution in [3.8, 4) is 0 Å². The highest BCUT2D eigenvalue weighted by Crippen LogP contribution is 2.37. The Balaban J connectivity index is 1.90. The maximum absolute atomic E-state index is 13.8. The van der Waals surface area contributed by atoms with Gasteiger partial charge in [-0.25, -0.2) is 4.39 Å². The fourth-order valence-corrected chi connectivity index (χ4v) is 3.68. The van der Waals surface area contributed by atoms with Crippen LogP contribution in [0.4, 0.5) is 4.39 Å². The Morgan fingerprint density at radius 2 is 2.05 bits per heavy atom. The van der Waals surface area contributed by atoms with Crippen molar-refractivity contribution in [3.05, 3.63) is 64.0 Å². The Labute approximate surface area is 135 Å². The molecule has 0 spiro atoms. The van der Waals surface area contributed by atoms with Gasteiger partial charge in [0.1, 0.15) is 10.7 Å². The first-order valence-electron chi connectivity index (χ1n) is 6.65. The molecule has 0 radical (unpaired) electrons. The molecule has 3 aromatic rings. The lowest BCUT2D eigenvalue weighted by molar-refractivity contribution is 0.0944. The molecule has 0 fully saturated rings. The van der Waals surface area contributed by atoms with Crippen LogP contribution in [0.15, 0.2) is 42.7 Å². The summed E-state index contributed by atoms with van der Waals surface area (Å²) in [5.74, 6) is -0.727. The standard InChI is InChI=1S/C16H12ClFN2OS/c1-9(10-5-7-19-8-6-10)20-16(21)15-14(17)13-11(18)3-2-4-12(13)22-15/h2-9H,1H3,(H,20,21). The van der Waals surface area contributed by atoms with Crippen LogP contribution >= 0.6 is 22.9 Å². The average molecular weight is 335 g/mol. The first-order chi connectivity index (χ1) is 10.6. The Hall–Kier alpha value is -1.98. The smallest absolute Gasteiger partial charge is 0.263 e. The van der Waals surface area contributed by atoms with E-state index in [0.717, 1.165) is 5.56 Å². The summed E-state index contributed by atoms with van der Waals surface area (Å²) in [4.78, 5) is 16.7. The normalized spacial score (nSPS) is 12.3. The van der Waals surface area contributed by atoms with Gasteiger partial charge in [-0.3, -0.25) is 9.78 Å². The van der Waals surface area contributed by atoms with Crippen LogP contribution in [0.3, 0.4) is 0 Å². The quantitative estimate of drug-likeness (QED) is 0.761. The minimum atomic E-state index is -0.417. The van der Waals surface area contributed by atoms with Gasteiger partial charge in [0.2, 0.25) is 0 Å². The number of hydrogen-bond donors (Lipinski definition) is 1. The zero-order chi connectivity index (χ0) is 15.7. The van der Waals surface area contributed by atoms with Crippen LogP contribution < -0.4 is 5.32 Å². The van der Waals surface area contributed by atoms with Crippen molar-refractivity contribution in [2.45, 2.75) is 13.0 Å². The summed E-state index contributed by atoms with van der Waals surface area (Å²) in [5, 5.41) is 3.34. The Morgan fingerprint density at radius 1 is 1.32 bits per heavy atom. The third kappa shape index (κ3) is 2.69. The van der Waals surface area contributed by atoms with Crippen molar-refractivity contribution < 1.29 is 9.18 Å². The molecule has 1 aromatic carbocycles. The van der Waals surface area contributed by atoms with E-state index in [9.17, 15) is 9.18 Å². The van der Waals surface area contributed by atoms with Crippen molar-refractivity contribution in [2.24, 2.45) is 0 Å². The molecule has 112 valence electrons. The number of amides is 1. The van der Waals surface area contributed by atoms with Crippen LogP contribution in [0.5, 0.6) is 0 Å². The summed E-state index contributed by atoms with van der Waals surface area (Å²) in [6.45, 7) is 1.87. The van der Waals surface area contributed by atoms with E-state index in [0.29, 0.717) is 15.0 Å². The second-order valence-corrected chi connectivity index (χ2v) is 6.26. The predicted molar refractivity (Wildman–Crippen MR) is 86.9 cm³/mol. The summed E-state index contributed by atoms with van der Waals surface area (Å²) >= 11 is 7.37. The van der Waals surface area contributed by atoms with Gasteiger partial charge in [0.25, 0.3) is 5.91 Å². The Morgan fingerprint density at radius 3 is 2.73 bits per heavy atom. The van der Waals surface area contributed by atoms with Crippen LogP contribution in [0.25, 0.3) is 10.1 Å². The number of carbonyl (C=O) groups is 1. The summed E-state index contributed by atoms with van der Waals surface area (Å²) in [5.41, 5.74) is 0.937. The van der Waals surface area contributed by atoms with E-state index in [1.165, 1.54) is 17.4 Å². The highest BCUT2D eigenvalue weighted by molar-refractivity contribution is 7.21. The first-order valence-corrected chi connectivity index (χ1v) is 7.84. The molecular weight excluding hydrogens is 323 g/mol. The first kappa shape index (κ1) is 14.9. The molecule has 0 saturated carbocycles. The molecule has 0 aliphatic heterocycles. The van der Waals surface area contributed by atoms with Crippen LogP contribution in [-0.2, 0) is 0 Å². The van der Waals surface area contributed by atoms with Gasteiger partial charge in [-0.05, 0) is 36.8 Å². The molecule has 3 nitrogen and oxygen atoms in total. The number of rotatable bonds is 3. The van der Waals surface area contributed by atoms with Gasteiger partial charge < -0.3 is 5.32 Å². The van der Waals surface area contributed by atoms with Crippen LogP contribution in [0.1, 0.15) is 28.2 Å². The number of aromatic nitrogens is 1. The summed E-state index contributed by atoms with van der Waals surface area (Å²) < 4.78 is 14.5.